The molecule has 3 N–H and O–H groups in total. The van der Waals surface area contributed by atoms with E-state index in [1.807, 2.05) is 55.5 Å². The molecule has 0 radical (unpaired) electrons. The highest BCUT2D eigenvalue weighted by Crippen LogP contribution is 2.10. The highest BCUT2D eigenvalue weighted by atomic mass is 16.1. The molecule has 2 rings (SSSR count). The van der Waals surface area contributed by atoms with Gasteiger partial charge in [-0.3, -0.25) is 4.79 Å². The fourth-order valence-electron chi connectivity index (χ4n) is 1.68. The van der Waals surface area contributed by atoms with E-state index in [-0.39, 0.29) is 5.91 Å². The van der Waals surface area contributed by atoms with Crippen molar-refractivity contribution in [3.05, 3.63) is 65.2 Å². The molecule has 0 fully saturated rings. The van der Waals surface area contributed by atoms with Gasteiger partial charge in [-0.15, -0.1) is 0 Å². The molecule has 2 aromatic rings. The van der Waals surface area contributed by atoms with Gasteiger partial charge in [-0.1, -0.05) is 35.9 Å². The van der Waals surface area contributed by atoms with Gasteiger partial charge in [0.25, 0.3) is 5.91 Å². The first kappa shape index (κ1) is 12.2. The minimum Gasteiger partial charge on any atom is -0.398 e. The Balaban J connectivity index is 2.01. The van der Waals surface area contributed by atoms with E-state index in [4.69, 9.17) is 5.73 Å². The van der Waals surface area contributed by atoms with Gasteiger partial charge >= 0.3 is 0 Å². The van der Waals surface area contributed by atoms with E-state index in [1.54, 1.807) is 0 Å². The van der Waals surface area contributed by atoms with Crippen LogP contribution in [0.2, 0.25) is 0 Å². The minimum atomic E-state index is -0.0850. The SMILES string of the molecule is Cc1ccc(C(=O)NCc2ccccc2N)cc1. The molecule has 0 aromatic heterocycles. The lowest BCUT2D eigenvalue weighted by Gasteiger charge is -2.07. The van der Waals surface area contributed by atoms with Crippen LogP contribution in [-0.2, 0) is 6.54 Å². The Morgan fingerprint density at radius 2 is 1.78 bits per heavy atom. The Bertz CT molecular complexity index is 547. The van der Waals surface area contributed by atoms with Gasteiger partial charge in [-0.05, 0) is 30.7 Å². The summed E-state index contributed by atoms with van der Waals surface area (Å²) in [6, 6.07) is 15.0. The lowest BCUT2D eigenvalue weighted by Crippen LogP contribution is -2.23. The van der Waals surface area contributed by atoms with Crippen molar-refractivity contribution < 1.29 is 4.79 Å². The Morgan fingerprint density at radius 1 is 1.11 bits per heavy atom. The van der Waals surface area contributed by atoms with E-state index in [0.29, 0.717) is 17.8 Å². The van der Waals surface area contributed by atoms with E-state index >= 15 is 0 Å². The minimum absolute atomic E-state index is 0.0850. The maximum Gasteiger partial charge on any atom is 0.251 e. The van der Waals surface area contributed by atoms with Crippen LogP contribution in [0.4, 0.5) is 5.69 Å². The second kappa shape index (κ2) is 5.36. The average Bonchev–Trinajstić information content (AvgIpc) is 2.38. The molecule has 1 amide bonds. The van der Waals surface area contributed by atoms with Crippen molar-refractivity contribution in [3.8, 4) is 0 Å². The van der Waals surface area contributed by atoms with Crippen molar-refractivity contribution in [2.45, 2.75) is 13.5 Å². The van der Waals surface area contributed by atoms with Crippen LogP contribution in [0, 0.1) is 6.92 Å². The van der Waals surface area contributed by atoms with Gasteiger partial charge in [0.05, 0.1) is 0 Å². The van der Waals surface area contributed by atoms with Crippen molar-refractivity contribution in [1.29, 1.82) is 0 Å². The number of para-hydroxylation sites is 1. The maximum absolute atomic E-state index is 11.9. The molecule has 3 nitrogen and oxygen atoms in total. The van der Waals surface area contributed by atoms with Gasteiger partial charge in [-0.2, -0.15) is 0 Å². The third kappa shape index (κ3) is 2.88. The second-order valence-electron chi connectivity index (χ2n) is 4.25. The summed E-state index contributed by atoms with van der Waals surface area (Å²) < 4.78 is 0. The standard InChI is InChI=1S/C15H16N2O/c1-11-6-8-12(9-7-11)15(18)17-10-13-4-2-3-5-14(13)16/h2-9H,10,16H2,1H3,(H,17,18). The van der Waals surface area contributed by atoms with Crippen molar-refractivity contribution in [3.63, 3.8) is 0 Å². The zero-order valence-corrected chi connectivity index (χ0v) is 10.3. The number of carbonyl (C=O) groups excluding carboxylic acids is 1. The van der Waals surface area contributed by atoms with Crippen LogP contribution in [0.3, 0.4) is 0 Å². The Kier molecular flexibility index (Phi) is 3.63. The van der Waals surface area contributed by atoms with E-state index in [2.05, 4.69) is 5.32 Å². The average molecular weight is 240 g/mol. The Morgan fingerprint density at radius 3 is 2.44 bits per heavy atom. The summed E-state index contributed by atoms with van der Waals surface area (Å²) in [5, 5.41) is 2.86. The van der Waals surface area contributed by atoms with E-state index in [0.717, 1.165) is 11.1 Å². The first-order valence-electron chi connectivity index (χ1n) is 5.85. The largest absolute Gasteiger partial charge is 0.398 e. The van der Waals surface area contributed by atoms with Crippen LogP contribution in [0.5, 0.6) is 0 Å². The molecule has 0 aliphatic carbocycles. The number of hydrogen-bond donors (Lipinski definition) is 2. The van der Waals surface area contributed by atoms with Gasteiger partial charge in [-0.25, -0.2) is 0 Å². The van der Waals surface area contributed by atoms with Gasteiger partial charge in [0.2, 0.25) is 0 Å². The van der Waals surface area contributed by atoms with Crippen molar-refractivity contribution >= 4 is 11.6 Å². The van der Waals surface area contributed by atoms with Crippen LogP contribution >= 0.6 is 0 Å². The highest BCUT2D eigenvalue weighted by Gasteiger charge is 2.05. The molecule has 0 aliphatic rings. The summed E-state index contributed by atoms with van der Waals surface area (Å²) in [5.74, 6) is -0.0850. The van der Waals surface area contributed by atoms with Crippen molar-refractivity contribution in [2.24, 2.45) is 0 Å². The van der Waals surface area contributed by atoms with Crippen LogP contribution in [0.15, 0.2) is 48.5 Å². The second-order valence-corrected chi connectivity index (χ2v) is 4.25. The number of nitrogens with two attached hydrogens (primary N) is 1. The first-order valence-corrected chi connectivity index (χ1v) is 5.85. The molecule has 0 heterocycles. The molecule has 92 valence electrons. The summed E-state index contributed by atoms with van der Waals surface area (Å²) in [5.41, 5.74) is 9.24. The van der Waals surface area contributed by atoms with Crippen molar-refractivity contribution in [2.75, 3.05) is 5.73 Å². The topological polar surface area (TPSA) is 55.1 Å². The number of benzene rings is 2. The lowest BCUT2D eigenvalue weighted by atomic mass is 10.1. The lowest BCUT2D eigenvalue weighted by molar-refractivity contribution is 0.0951. The summed E-state index contributed by atoms with van der Waals surface area (Å²) in [6.07, 6.45) is 0. The van der Waals surface area contributed by atoms with Gasteiger partial charge in [0.15, 0.2) is 0 Å². The monoisotopic (exact) mass is 240 g/mol. The molecule has 0 unspecified atom stereocenters. The zero-order valence-electron chi connectivity index (χ0n) is 10.3. The van der Waals surface area contributed by atoms with Crippen LogP contribution in [0.1, 0.15) is 21.5 Å². The summed E-state index contributed by atoms with van der Waals surface area (Å²) in [7, 11) is 0. The maximum atomic E-state index is 11.9. The zero-order chi connectivity index (χ0) is 13.0. The normalized spacial score (nSPS) is 10.1. The van der Waals surface area contributed by atoms with Crippen LogP contribution < -0.4 is 11.1 Å². The Hall–Kier alpha value is -2.29. The number of nitrogens with one attached hydrogen (secondary N) is 1. The summed E-state index contributed by atoms with van der Waals surface area (Å²) in [6.45, 7) is 2.44. The van der Waals surface area contributed by atoms with E-state index in [1.165, 1.54) is 0 Å². The molecule has 0 spiro atoms. The predicted octanol–water partition coefficient (Wildman–Crippen LogP) is 2.51. The van der Waals surface area contributed by atoms with Crippen LogP contribution in [-0.4, -0.2) is 5.91 Å². The van der Waals surface area contributed by atoms with Gasteiger partial charge in [0.1, 0.15) is 0 Å². The molecule has 0 saturated heterocycles. The number of anilines is 1. The molecule has 0 atom stereocenters. The number of rotatable bonds is 3. The number of hydrogen-bond acceptors (Lipinski definition) is 2. The molecule has 2 aromatic carbocycles. The third-order valence-corrected chi connectivity index (χ3v) is 2.81. The van der Waals surface area contributed by atoms with Crippen LogP contribution in [0.25, 0.3) is 0 Å². The molecular formula is C15H16N2O. The summed E-state index contributed by atoms with van der Waals surface area (Å²) in [4.78, 5) is 11.9. The molecular weight excluding hydrogens is 224 g/mol. The highest BCUT2D eigenvalue weighted by molar-refractivity contribution is 5.94. The van der Waals surface area contributed by atoms with Crippen molar-refractivity contribution in [1.82, 2.24) is 5.32 Å². The summed E-state index contributed by atoms with van der Waals surface area (Å²) >= 11 is 0. The number of nitrogen functional groups attached to an aromatic ring is 1. The number of amides is 1. The number of carbonyl (C=O) groups is 1. The Labute approximate surface area is 107 Å². The number of aryl methyl sites for hydroxylation is 1. The fourth-order valence-corrected chi connectivity index (χ4v) is 1.68. The quantitative estimate of drug-likeness (QED) is 0.810. The fraction of sp³-hybridized carbons (Fsp3) is 0.133. The molecule has 18 heavy (non-hydrogen) atoms. The molecule has 3 heteroatoms. The van der Waals surface area contributed by atoms with Gasteiger partial charge < -0.3 is 11.1 Å². The molecule has 0 bridgehead atoms. The first-order chi connectivity index (χ1) is 8.66. The molecule has 0 saturated carbocycles. The third-order valence-electron chi connectivity index (χ3n) is 2.81. The predicted molar refractivity (Wildman–Crippen MR) is 73.2 cm³/mol. The van der Waals surface area contributed by atoms with Gasteiger partial charge in [0, 0.05) is 17.8 Å². The molecule has 0 aliphatic heterocycles. The van der Waals surface area contributed by atoms with E-state index in [9.17, 15) is 4.79 Å². The smallest absolute Gasteiger partial charge is 0.251 e. The van der Waals surface area contributed by atoms with E-state index < -0.39 is 0 Å².